The highest BCUT2D eigenvalue weighted by atomic mass is 32.1. The second-order valence-corrected chi connectivity index (χ2v) is 7.57. The number of aromatic nitrogens is 2. The molecule has 0 saturated heterocycles. The molecule has 1 amide bonds. The summed E-state index contributed by atoms with van der Waals surface area (Å²) in [4.78, 5) is 36.8. The van der Waals surface area contributed by atoms with Gasteiger partial charge in [0.05, 0.1) is 18.5 Å². The minimum atomic E-state index is -0.642. The van der Waals surface area contributed by atoms with Crippen molar-refractivity contribution >= 4 is 34.9 Å². The summed E-state index contributed by atoms with van der Waals surface area (Å²) in [5, 5.41) is 8.68. The molecule has 2 heterocycles. The van der Waals surface area contributed by atoms with Crippen molar-refractivity contribution in [3.05, 3.63) is 63.6 Å². The predicted molar refractivity (Wildman–Crippen MR) is 110 cm³/mol. The number of hydrogen-bond acceptors (Lipinski definition) is 7. The molecule has 3 aromatic rings. The van der Waals surface area contributed by atoms with Crippen molar-refractivity contribution in [2.45, 2.75) is 19.3 Å². The monoisotopic (exact) mass is 425 g/mol. The molecular weight excluding hydrogens is 406 g/mol. The van der Waals surface area contributed by atoms with Gasteiger partial charge in [0.1, 0.15) is 4.88 Å². The molecule has 0 spiro atoms. The minimum absolute atomic E-state index is 0.241. The highest BCUT2D eigenvalue weighted by molar-refractivity contribution is 7.12. The lowest BCUT2D eigenvalue weighted by Crippen LogP contribution is -2.22. The number of thiophene rings is 1. The van der Waals surface area contributed by atoms with Crippen LogP contribution in [0.4, 0.5) is 5.69 Å². The maximum absolute atomic E-state index is 12.6. The summed E-state index contributed by atoms with van der Waals surface area (Å²) < 4.78 is 11.6. The summed E-state index contributed by atoms with van der Waals surface area (Å²) in [5.41, 5.74) is 3.31. The van der Waals surface area contributed by atoms with Gasteiger partial charge < -0.3 is 14.8 Å². The number of fused-ring (bicyclic) bond motifs is 1. The van der Waals surface area contributed by atoms with Crippen molar-refractivity contribution in [1.29, 1.82) is 0 Å². The number of nitrogens with zero attached hydrogens (tertiary/aromatic N) is 2. The van der Waals surface area contributed by atoms with E-state index in [1.54, 1.807) is 16.1 Å². The SMILES string of the molecule is COC(=O)c1sccc1NC(=O)COC(=O)c1nn(-c2ccccc2)c2c1CCC2. The van der Waals surface area contributed by atoms with Crippen LogP contribution in [0.5, 0.6) is 0 Å². The van der Waals surface area contributed by atoms with E-state index >= 15 is 0 Å². The molecule has 154 valence electrons. The molecule has 2 aromatic heterocycles. The van der Waals surface area contributed by atoms with E-state index in [0.29, 0.717) is 5.69 Å². The Hall–Kier alpha value is -3.46. The van der Waals surface area contributed by atoms with Gasteiger partial charge in [-0.25, -0.2) is 14.3 Å². The number of amides is 1. The quantitative estimate of drug-likeness (QED) is 0.610. The first-order valence-electron chi connectivity index (χ1n) is 9.37. The van der Waals surface area contributed by atoms with Gasteiger partial charge in [-0.05, 0) is 42.8 Å². The summed E-state index contributed by atoms with van der Waals surface area (Å²) in [6, 6.07) is 11.2. The Bertz CT molecular complexity index is 1100. The van der Waals surface area contributed by atoms with Crippen molar-refractivity contribution in [1.82, 2.24) is 9.78 Å². The standard InChI is InChI=1S/C21H19N3O5S/c1-28-21(27)19-15(10-11-30-19)22-17(25)12-29-20(26)18-14-8-5-9-16(14)24(23-18)13-6-3-2-4-7-13/h2-4,6-7,10-11H,5,8-9,12H2,1H3,(H,22,25). The molecule has 1 aromatic carbocycles. The normalized spacial score (nSPS) is 12.3. The molecule has 0 bridgehead atoms. The van der Waals surface area contributed by atoms with E-state index in [0.717, 1.165) is 47.5 Å². The topological polar surface area (TPSA) is 99.5 Å². The van der Waals surface area contributed by atoms with Crippen LogP contribution >= 0.6 is 11.3 Å². The van der Waals surface area contributed by atoms with E-state index in [-0.39, 0.29) is 10.6 Å². The first kappa shape index (κ1) is 19.8. The summed E-state index contributed by atoms with van der Waals surface area (Å²) >= 11 is 1.15. The third-order valence-electron chi connectivity index (χ3n) is 4.77. The van der Waals surface area contributed by atoms with Crippen LogP contribution in [0.25, 0.3) is 5.69 Å². The van der Waals surface area contributed by atoms with Crippen LogP contribution in [0.2, 0.25) is 0 Å². The molecule has 0 aliphatic heterocycles. The lowest BCUT2D eigenvalue weighted by molar-refractivity contribution is -0.119. The van der Waals surface area contributed by atoms with Crippen molar-refractivity contribution in [3.63, 3.8) is 0 Å². The van der Waals surface area contributed by atoms with Crippen molar-refractivity contribution < 1.29 is 23.9 Å². The van der Waals surface area contributed by atoms with Crippen LogP contribution in [-0.4, -0.2) is 41.3 Å². The Kier molecular flexibility index (Phi) is 5.62. The molecular formula is C21H19N3O5S. The number of nitrogens with one attached hydrogen (secondary N) is 1. The first-order chi connectivity index (χ1) is 14.6. The van der Waals surface area contributed by atoms with Gasteiger partial charge in [-0.2, -0.15) is 5.10 Å². The van der Waals surface area contributed by atoms with Gasteiger partial charge in [0.25, 0.3) is 5.91 Å². The second kappa shape index (κ2) is 8.50. The van der Waals surface area contributed by atoms with Gasteiger partial charge in [-0.3, -0.25) is 4.79 Å². The molecule has 1 aliphatic rings. The fraction of sp³-hybridized carbons (Fsp3) is 0.238. The average molecular weight is 425 g/mol. The van der Waals surface area contributed by atoms with Crippen molar-refractivity contribution in [2.24, 2.45) is 0 Å². The number of ether oxygens (including phenoxy) is 2. The summed E-state index contributed by atoms with van der Waals surface area (Å²) in [6.45, 7) is -0.484. The molecule has 8 nitrogen and oxygen atoms in total. The third kappa shape index (κ3) is 3.84. The van der Waals surface area contributed by atoms with Gasteiger partial charge in [-0.15, -0.1) is 11.3 Å². The van der Waals surface area contributed by atoms with E-state index in [1.165, 1.54) is 7.11 Å². The van der Waals surface area contributed by atoms with Gasteiger partial charge in [0, 0.05) is 11.3 Å². The van der Waals surface area contributed by atoms with Gasteiger partial charge in [0.15, 0.2) is 12.3 Å². The number of methoxy groups -OCH3 is 1. The molecule has 30 heavy (non-hydrogen) atoms. The molecule has 0 radical (unpaired) electrons. The van der Waals surface area contributed by atoms with Gasteiger partial charge in [-0.1, -0.05) is 18.2 Å². The van der Waals surface area contributed by atoms with Gasteiger partial charge in [0.2, 0.25) is 0 Å². The minimum Gasteiger partial charge on any atom is -0.465 e. The molecule has 1 aliphatic carbocycles. The lowest BCUT2D eigenvalue weighted by Gasteiger charge is -2.07. The number of benzene rings is 1. The molecule has 0 fully saturated rings. The lowest BCUT2D eigenvalue weighted by atomic mass is 10.2. The van der Waals surface area contributed by atoms with E-state index in [9.17, 15) is 14.4 Å². The second-order valence-electron chi connectivity index (χ2n) is 6.65. The number of hydrogen-bond donors (Lipinski definition) is 1. The Labute approximate surface area is 176 Å². The highest BCUT2D eigenvalue weighted by Gasteiger charge is 2.28. The van der Waals surface area contributed by atoms with Crippen LogP contribution in [0.15, 0.2) is 41.8 Å². The van der Waals surface area contributed by atoms with Gasteiger partial charge >= 0.3 is 11.9 Å². The Balaban J connectivity index is 1.45. The third-order valence-corrected chi connectivity index (χ3v) is 5.66. The zero-order valence-corrected chi connectivity index (χ0v) is 17.0. The van der Waals surface area contributed by atoms with Crippen LogP contribution in [0, 0.1) is 0 Å². The highest BCUT2D eigenvalue weighted by Crippen LogP contribution is 2.28. The first-order valence-corrected chi connectivity index (χ1v) is 10.3. The Morgan fingerprint density at radius 1 is 1.13 bits per heavy atom. The molecule has 1 N–H and O–H groups in total. The van der Waals surface area contributed by atoms with Crippen molar-refractivity contribution in [3.8, 4) is 5.69 Å². The van der Waals surface area contributed by atoms with E-state index in [1.807, 2.05) is 30.3 Å². The van der Waals surface area contributed by atoms with Crippen LogP contribution < -0.4 is 5.32 Å². The number of para-hydroxylation sites is 1. The number of carbonyl (C=O) groups excluding carboxylic acids is 3. The fourth-order valence-electron chi connectivity index (χ4n) is 3.43. The average Bonchev–Trinajstić information content (AvgIpc) is 3.49. The van der Waals surface area contributed by atoms with Crippen molar-refractivity contribution in [2.75, 3.05) is 19.0 Å². The Morgan fingerprint density at radius 3 is 2.70 bits per heavy atom. The number of carbonyl (C=O) groups is 3. The largest absolute Gasteiger partial charge is 0.465 e. The van der Waals surface area contributed by atoms with Crippen LogP contribution in [0.1, 0.15) is 37.8 Å². The van der Waals surface area contributed by atoms with Crippen LogP contribution in [0.3, 0.4) is 0 Å². The molecule has 4 rings (SSSR count). The zero-order valence-electron chi connectivity index (χ0n) is 16.2. The molecule has 0 atom stereocenters. The summed E-state index contributed by atoms with van der Waals surface area (Å²) in [6.07, 6.45) is 2.52. The summed E-state index contributed by atoms with van der Waals surface area (Å²) in [5.74, 6) is -1.73. The van der Waals surface area contributed by atoms with E-state index in [2.05, 4.69) is 15.2 Å². The molecule has 0 saturated carbocycles. The number of esters is 2. The number of anilines is 1. The summed E-state index contributed by atoms with van der Waals surface area (Å²) in [7, 11) is 1.27. The Morgan fingerprint density at radius 2 is 1.93 bits per heavy atom. The fourth-order valence-corrected chi connectivity index (χ4v) is 4.19. The predicted octanol–water partition coefficient (Wildman–Crippen LogP) is 3.00. The van der Waals surface area contributed by atoms with E-state index in [4.69, 9.17) is 4.74 Å². The maximum atomic E-state index is 12.6. The number of rotatable bonds is 6. The smallest absolute Gasteiger partial charge is 0.359 e. The van der Waals surface area contributed by atoms with E-state index < -0.39 is 24.5 Å². The molecule has 0 unspecified atom stereocenters. The maximum Gasteiger partial charge on any atom is 0.359 e. The zero-order chi connectivity index (χ0) is 21.1. The van der Waals surface area contributed by atoms with Crippen LogP contribution in [-0.2, 0) is 27.1 Å². The molecule has 9 heteroatoms.